The summed E-state index contributed by atoms with van der Waals surface area (Å²) in [4.78, 5) is 0. The smallest absolute Gasteiger partial charge is 0.187 e. The Balaban J connectivity index is 2.03. The van der Waals surface area contributed by atoms with Crippen molar-refractivity contribution >= 4 is 0 Å². The lowest BCUT2D eigenvalue weighted by molar-refractivity contribution is -0.371. The predicted octanol–water partition coefficient (Wildman–Crippen LogP) is -1.46. The zero-order valence-corrected chi connectivity index (χ0v) is 19.1. The SMILES string of the molecule is C=CCCCCCCC(C)OC1OC(CO)C(O)C(O)C1OC1OC(CO)C(O)C(O)C1O. The highest BCUT2D eigenvalue weighted by atomic mass is 16.8. The molecule has 11 unspecified atom stereocenters. The van der Waals surface area contributed by atoms with E-state index in [2.05, 4.69) is 6.58 Å². The second-order valence-corrected chi connectivity index (χ2v) is 8.73. The number of aliphatic hydroxyl groups is 7. The maximum Gasteiger partial charge on any atom is 0.187 e. The summed E-state index contributed by atoms with van der Waals surface area (Å²) in [7, 11) is 0. The Kier molecular flexibility index (Phi) is 12.1. The van der Waals surface area contributed by atoms with Gasteiger partial charge < -0.3 is 54.7 Å². The molecule has 0 radical (unpaired) electrons. The zero-order valence-electron chi connectivity index (χ0n) is 19.1. The van der Waals surface area contributed by atoms with Crippen LogP contribution in [0.3, 0.4) is 0 Å². The first-order valence-electron chi connectivity index (χ1n) is 11.6. The summed E-state index contributed by atoms with van der Waals surface area (Å²) in [6.45, 7) is 4.31. The van der Waals surface area contributed by atoms with Crippen LogP contribution in [0.15, 0.2) is 12.7 Å². The average molecular weight is 481 g/mol. The molecular weight excluding hydrogens is 440 g/mol. The molecule has 194 valence electrons. The summed E-state index contributed by atoms with van der Waals surface area (Å²) >= 11 is 0. The molecule has 2 aliphatic heterocycles. The van der Waals surface area contributed by atoms with Crippen LogP contribution in [0.5, 0.6) is 0 Å². The van der Waals surface area contributed by atoms with Gasteiger partial charge in [0.2, 0.25) is 0 Å². The maximum absolute atomic E-state index is 10.6. The molecule has 33 heavy (non-hydrogen) atoms. The van der Waals surface area contributed by atoms with Crippen molar-refractivity contribution in [3.8, 4) is 0 Å². The first-order chi connectivity index (χ1) is 15.7. The van der Waals surface area contributed by atoms with Crippen LogP contribution in [0.4, 0.5) is 0 Å². The number of hydrogen-bond donors (Lipinski definition) is 7. The lowest BCUT2D eigenvalue weighted by Crippen LogP contribution is -2.64. The van der Waals surface area contributed by atoms with Crippen LogP contribution in [0.25, 0.3) is 0 Å². The van der Waals surface area contributed by atoms with Gasteiger partial charge in [0.05, 0.1) is 19.3 Å². The topological polar surface area (TPSA) is 179 Å². The maximum atomic E-state index is 10.6. The molecule has 0 bridgehead atoms. The van der Waals surface area contributed by atoms with Crippen LogP contribution >= 0.6 is 0 Å². The Labute approximate surface area is 194 Å². The molecule has 0 aliphatic carbocycles. The Morgan fingerprint density at radius 2 is 1.36 bits per heavy atom. The molecule has 11 nitrogen and oxygen atoms in total. The summed E-state index contributed by atoms with van der Waals surface area (Å²) in [6.07, 6.45) is -7.15. The number of allylic oxidation sites excluding steroid dienone is 1. The standard InChI is InChI=1S/C22H40O11/c1-3-4-5-6-7-8-9-12(2)30-22-20(18(28)16(26)14(11-24)32-22)33-21-19(29)17(27)15(25)13(10-23)31-21/h3,12-29H,1,4-11H2,2H3. The minimum Gasteiger partial charge on any atom is -0.394 e. The number of unbranched alkanes of at least 4 members (excludes halogenated alkanes) is 4. The molecular formula is C22H40O11. The molecule has 0 aromatic carbocycles. The van der Waals surface area contributed by atoms with Crippen molar-refractivity contribution in [2.75, 3.05) is 13.2 Å². The van der Waals surface area contributed by atoms with Crippen LogP contribution < -0.4 is 0 Å². The van der Waals surface area contributed by atoms with Crippen LogP contribution in [0.2, 0.25) is 0 Å². The van der Waals surface area contributed by atoms with E-state index >= 15 is 0 Å². The minimum atomic E-state index is -1.70. The third-order valence-electron chi connectivity index (χ3n) is 6.10. The summed E-state index contributed by atoms with van der Waals surface area (Å²) in [5.74, 6) is 0. The van der Waals surface area contributed by atoms with E-state index in [1.165, 1.54) is 0 Å². The van der Waals surface area contributed by atoms with Gasteiger partial charge in [-0.3, -0.25) is 0 Å². The van der Waals surface area contributed by atoms with Crippen molar-refractivity contribution in [2.45, 2.75) is 113 Å². The largest absolute Gasteiger partial charge is 0.394 e. The summed E-state index contributed by atoms with van der Waals surface area (Å²) in [5, 5.41) is 70.0. The van der Waals surface area contributed by atoms with Crippen LogP contribution in [-0.2, 0) is 18.9 Å². The van der Waals surface area contributed by atoms with Gasteiger partial charge in [-0.1, -0.05) is 25.3 Å². The quantitative estimate of drug-likeness (QED) is 0.121. The normalized spacial score (nSPS) is 40.5. The van der Waals surface area contributed by atoms with Gasteiger partial charge in [-0.05, 0) is 26.2 Å². The molecule has 2 fully saturated rings. The first kappa shape index (κ1) is 28.5. The van der Waals surface area contributed by atoms with Gasteiger partial charge in [-0.15, -0.1) is 6.58 Å². The van der Waals surface area contributed by atoms with Crippen molar-refractivity contribution in [3.63, 3.8) is 0 Å². The monoisotopic (exact) mass is 480 g/mol. The fourth-order valence-corrected chi connectivity index (χ4v) is 4.02. The number of rotatable bonds is 13. The van der Waals surface area contributed by atoms with E-state index in [0.717, 1.165) is 32.1 Å². The van der Waals surface area contributed by atoms with Gasteiger partial charge in [0.1, 0.15) is 48.8 Å². The van der Waals surface area contributed by atoms with E-state index in [-0.39, 0.29) is 6.10 Å². The molecule has 0 saturated carbocycles. The third kappa shape index (κ3) is 7.64. The number of aliphatic hydroxyl groups excluding tert-OH is 7. The van der Waals surface area contributed by atoms with Gasteiger partial charge >= 0.3 is 0 Å². The first-order valence-corrected chi connectivity index (χ1v) is 11.6. The van der Waals surface area contributed by atoms with E-state index in [0.29, 0.717) is 6.42 Å². The molecule has 11 heteroatoms. The lowest BCUT2D eigenvalue weighted by atomic mass is 9.97. The molecule has 2 heterocycles. The van der Waals surface area contributed by atoms with E-state index in [1.807, 2.05) is 13.0 Å². The minimum absolute atomic E-state index is 0.308. The predicted molar refractivity (Wildman–Crippen MR) is 115 cm³/mol. The van der Waals surface area contributed by atoms with Crippen molar-refractivity contribution in [3.05, 3.63) is 12.7 Å². The lowest BCUT2D eigenvalue weighted by Gasteiger charge is -2.46. The average Bonchev–Trinajstić information content (AvgIpc) is 2.80. The van der Waals surface area contributed by atoms with Crippen LogP contribution in [-0.4, -0.2) is 116 Å². The van der Waals surface area contributed by atoms with E-state index in [4.69, 9.17) is 18.9 Å². The van der Waals surface area contributed by atoms with E-state index in [9.17, 15) is 35.7 Å². The second-order valence-electron chi connectivity index (χ2n) is 8.73. The van der Waals surface area contributed by atoms with Crippen molar-refractivity contribution < 1.29 is 54.7 Å². The van der Waals surface area contributed by atoms with Gasteiger partial charge in [0, 0.05) is 0 Å². The second kappa shape index (κ2) is 14.0. The molecule has 0 amide bonds. The number of hydrogen-bond acceptors (Lipinski definition) is 11. The van der Waals surface area contributed by atoms with Crippen LogP contribution in [0.1, 0.15) is 45.4 Å². The highest BCUT2D eigenvalue weighted by molar-refractivity contribution is 4.93. The van der Waals surface area contributed by atoms with Crippen molar-refractivity contribution in [1.29, 1.82) is 0 Å². The molecule has 0 spiro atoms. The van der Waals surface area contributed by atoms with Crippen LogP contribution in [0, 0.1) is 0 Å². The molecule has 0 aromatic heterocycles. The van der Waals surface area contributed by atoms with Crippen molar-refractivity contribution in [2.24, 2.45) is 0 Å². The molecule has 2 aliphatic rings. The van der Waals surface area contributed by atoms with Gasteiger partial charge in [-0.25, -0.2) is 0 Å². The Morgan fingerprint density at radius 3 is 1.97 bits per heavy atom. The van der Waals surface area contributed by atoms with Gasteiger partial charge in [0.25, 0.3) is 0 Å². The summed E-state index contributed by atoms with van der Waals surface area (Å²) < 4.78 is 22.5. The molecule has 2 rings (SSSR count). The Bertz CT molecular complexity index is 562. The zero-order chi connectivity index (χ0) is 24.5. The third-order valence-corrected chi connectivity index (χ3v) is 6.10. The fourth-order valence-electron chi connectivity index (χ4n) is 4.02. The summed E-state index contributed by atoms with van der Waals surface area (Å²) in [5.41, 5.74) is 0. The number of ether oxygens (including phenoxy) is 4. The van der Waals surface area contributed by atoms with E-state index in [1.54, 1.807) is 0 Å². The van der Waals surface area contributed by atoms with Crippen molar-refractivity contribution in [1.82, 2.24) is 0 Å². The molecule has 2 saturated heterocycles. The molecule has 7 N–H and O–H groups in total. The highest BCUT2D eigenvalue weighted by Gasteiger charge is 2.51. The summed E-state index contributed by atoms with van der Waals surface area (Å²) in [6, 6.07) is 0. The fraction of sp³-hybridized carbons (Fsp3) is 0.909. The highest BCUT2D eigenvalue weighted by Crippen LogP contribution is 2.30. The van der Waals surface area contributed by atoms with E-state index < -0.39 is 74.6 Å². The van der Waals surface area contributed by atoms with Gasteiger partial charge in [-0.2, -0.15) is 0 Å². The molecule has 11 atom stereocenters. The Morgan fingerprint density at radius 1 is 0.788 bits per heavy atom. The molecule has 0 aromatic rings. The Hall–Kier alpha value is -0.700. The van der Waals surface area contributed by atoms with Gasteiger partial charge in [0.15, 0.2) is 12.6 Å².